The predicted octanol–water partition coefficient (Wildman–Crippen LogP) is 2.25. The lowest BCUT2D eigenvalue weighted by molar-refractivity contribution is -0.136. The first-order valence-corrected chi connectivity index (χ1v) is 6.78. The number of carbonyl (C=O) groups is 2. The second-order valence-electron chi connectivity index (χ2n) is 4.88. The highest BCUT2D eigenvalue weighted by Crippen LogP contribution is 2.10. The number of hydrogen-bond donors (Lipinski definition) is 2. The van der Waals surface area contributed by atoms with Gasteiger partial charge in [0.05, 0.1) is 6.42 Å². The van der Waals surface area contributed by atoms with Crippen molar-refractivity contribution in [3.63, 3.8) is 0 Å². The molecular formula is C15H22N2O3. The molecule has 110 valence electrons. The van der Waals surface area contributed by atoms with Gasteiger partial charge in [0.1, 0.15) is 0 Å². The van der Waals surface area contributed by atoms with Crippen LogP contribution in [0.15, 0.2) is 24.3 Å². The Bertz CT molecular complexity index is 472. The van der Waals surface area contributed by atoms with E-state index in [1.807, 2.05) is 32.9 Å². The molecule has 0 aliphatic rings. The van der Waals surface area contributed by atoms with Crippen LogP contribution in [0.2, 0.25) is 0 Å². The average molecular weight is 278 g/mol. The molecule has 1 aromatic rings. The Morgan fingerprint density at radius 1 is 1.25 bits per heavy atom. The number of amides is 2. The van der Waals surface area contributed by atoms with Gasteiger partial charge in [-0.1, -0.05) is 24.3 Å². The molecule has 0 atom stereocenters. The molecule has 2 amide bonds. The molecule has 0 spiro atoms. The van der Waals surface area contributed by atoms with Gasteiger partial charge in [-0.05, 0) is 31.9 Å². The Morgan fingerprint density at radius 3 is 2.35 bits per heavy atom. The number of carbonyl (C=O) groups excluding carboxylic acids is 1. The predicted molar refractivity (Wildman–Crippen MR) is 77.5 cm³/mol. The van der Waals surface area contributed by atoms with E-state index < -0.39 is 5.97 Å². The van der Waals surface area contributed by atoms with Crippen LogP contribution in [-0.2, 0) is 17.8 Å². The van der Waals surface area contributed by atoms with Gasteiger partial charge in [-0.25, -0.2) is 4.79 Å². The largest absolute Gasteiger partial charge is 0.481 e. The van der Waals surface area contributed by atoms with E-state index in [0.717, 1.165) is 11.1 Å². The fourth-order valence-electron chi connectivity index (χ4n) is 2.08. The van der Waals surface area contributed by atoms with Crippen molar-refractivity contribution in [3.05, 3.63) is 35.4 Å². The van der Waals surface area contributed by atoms with Crippen LogP contribution >= 0.6 is 0 Å². The van der Waals surface area contributed by atoms with E-state index in [0.29, 0.717) is 13.1 Å². The third-order valence-corrected chi connectivity index (χ3v) is 3.12. The van der Waals surface area contributed by atoms with Gasteiger partial charge in [0.25, 0.3) is 0 Å². The third-order valence-electron chi connectivity index (χ3n) is 3.12. The summed E-state index contributed by atoms with van der Waals surface area (Å²) in [6.45, 7) is 6.83. The fraction of sp³-hybridized carbons (Fsp3) is 0.467. The van der Waals surface area contributed by atoms with E-state index in [2.05, 4.69) is 5.32 Å². The first-order chi connectivity index (χ1) is 9.45. The highest BCUT2D eigenvalue weighted by atomic mass is 16.4. The minimum Gasteiger partial charge on any atom is -0.481 e. The summed E-state index contributed by atoms with van der Waals surface area (Å²) in [5, 5.41) is 11.7. The molecule has 0 aliphatic heterocycles. The zero-order valence-corrected chi connectivity index (χ0v) is 12.2. The van der Waals surface area contributed by atoms with Gasteiger partial charge in [0.2, 0.25) is 0 Å². The molecule has 2 N–H and O–H groups in total. The number of aliphatic carboxylic acids is 1. The van der Waals surface area contributed by atoms with E-state index in [-0.39, 0.29) is 18.5 Å². The topological polar surface area (TPSA) is 69.6 Å². The van der Waals surface area contributed by atoms with Crippen LogP contribution in [0.1, 0.15) is 31.9 Å². The van der Waals surface area contributed by atoms with Crippen LogP contribution in [0.4, 0.5) is 4.79 Å². The van der Waals surface area contributed by atoms with Gasteiger partial charge in [-0.2, -0.15) is 0 Å². The quantitative estimate of drug-likeness (QED) is 0.838. The molecule has 5 nitrogen and oxygen atoms in total. The summed E-state index contributed by atoms with van der Waals surface area (Å²) in [4.78, 5) is 24.6. The minimum absolute atomic E-state index is 0.0340. The van der Waals surface area contributed by atoms with Crippen LogP contribution in [0, 0.1) is 0 Å². The maximum atomic E-state index is 12.0. The molecule has 0 unspecified atom stereocenters. The van der Waals surface area contributed by atoms with E-state index in [1.165, 1.54) is 0 Å². The number of rotatable bonds is 6. The molecule has 0 fully saturated rings. The van der Waals surface area contributed by atoms with Gasteiger partial charge in [-0.3, -0.25) is 4.79 Å². The Kier molecular flexibility index (Phi) is 6.03. The number of hydrogen-bond acceptors (Lipinski definition) is 2. The lowest BCUT2D eigenvalue weighted by atomic mass is 10.0. The lowest BCUT2D eigenvalue weighted by Gasteiger charge is -2.25. The van der Waals surface area contributed by atoms with Crippen molar-refractivity contribution in [1.82, 2.24) is 10.2 Å². The standard InChI is InChI=1S/C15H22N2O3/c1-4-17(11(2)3)15(20)16-10-13-8-6-5-7-12(13)9-14(18)19/h5-8,11H,4,9-10H2,1-3H3,(H,16,20)(H,18,19). The number of nitrogens with zero attached hydrogens (tertiary/aromatic N) is 1. The van der Waals surface area contributed by atoms with E-state index >= 15 is 0 Å². The summed E-state index contributed by atoms with van der Waals surface area (Å²) in [7, 11) is 0. The molecule has 0 bridgehead atoms. The van der Waals surface area contributed by atoms with E-state index in [1.54, 1.807) is 17.0 Å². The Balaban J connectivity index is 2.70. The summed E-state index contributed by atoms with van der Waals surface area (Å²) in [5.41, 5.74) is 1.57. The minimum atomic E-state index is -0.874. The van der Waals surface area contributed by atoms with Crippen molar-refractivity contribution in [2.75, 3.05) is 6.54 Å². The van der Waals surface area contributed by atoms with Crippen LogP contribution in [-0.4, -0.2) is 34.6 Å². The maximum Gasteiger partial charge on any atom is 0.317 e. The van der Waals surface area contributed by atoms with Crippen molar-refractivity contribution in [2.24, 2.45) is 0 Å². The Morgan fingerprint density at radius 2 is 1.85 bits per heavy atom. The first-order valence-electron chi connectivity index (χ1n) is 6.78. The van der Waals surface area contributed by atoms with Gasteiger partial charge >= 0.3 is 12.0 Å². The molecule has 1 aromatic carbocycles. The van der Waals surface area contributed by atoms with Crippen molar-refractivity contribution in [2.45, 2.75) is 39.8 Å². The molecule has 1 rings (SSSR count). The first kappa shape index (κ1) is 16.0. The molecule has 0 aromatic heterocycles. The molecule has 0 radical (unpaired) electrons. The van der Waals surface area contributed by atoms with Gasteiger partial charge in [0.15, 0.2) is 0 Å². The number of nitrogens with one attached hydrogen (secondary N) is 1. The Hall–Kier alpha value is -2.04. The summed E-state index contributed by atoms with van der Waals surface area (Å²) in [6, 6.07) is 7.25. The average Bonchev–Trinajstić information content (AvgIpc) is 2.37. The van der Waals surface area contributed by atoms with E-state index in [9.17, 15) is 9.59 Å². The molecule has 0 aliphatic carbocycles. The van der Waals surface area contributed by atoms with Crippen molar-refractivity contribution >= 4 is 12.0 Å². The summed E-state index contributed by atoms with van der Waals surface area (Å²) < 4.78 is 0. The number of carboxylic acid groups (broad SMARTS) is 1. The second-order valence-corrected chi connectivity index (χ2v) is 4.88. The van der Waals surface area contributed by atoms with Crippen LogP contribution in [0.25, 0.3) is 0 Å². The number of urea groups is 1. The van der Waals surface area contributed by atoms with Crippen molar-refractivity contribution in [1.29, 1.82) is 0 Å². The zero-order valence-electron chi connectivity index (χ0n) is 12.2. The van der Waals surface area contributed by atoms with Gasteiger partial charge < -0.3 is 15.3 Å². The normalized spacial score (nSPS) is 10.4. The monoisotopic (exact) mass is 278 g/mol. The summed E-state index contributed by atoms with van der Waals surface area (Å²) in [5.74, 6) is -0.874. The summed E-state index contributed by atoms with van der Waals surface area (Å²) >= 11 is 0. The number of benzene rings is 1. The highest BCUT2D eigenvalue weighted by molar-refractivity contribution is 5.74. The van der Waals surface area contributed by atoms with Crippen molar-refractivity contribution < 1.29 is 14.7 Å². The summed E-state index contributed by atoms with van der Waals surface area (Å²) in [6.07, 6.45) is -0.0340. The maximum absolute atomic E-state index is 12.0. The zero-order chi connectivity index (χ0) is 15.1. The van der Waals surface area contributed by atoms with Crippen LogP contribution < -0.4 is 5.32 Å². The van der Waals surface area contributed by atoms with Gasteiger partial charge in [-0.15, -0.1) is 0 Å². The van der Waals surface area contributed by atoms with Crippen LogP contribution in [0.3, 0.4) is 0 Å². The third kappa shape index (κ3) is 4.57. The molecule has 0 heterocycles. The van der Waals surface area contributed by atoms with Crippen LogP contribution in [0.5, 0.6) is 0 Å². The molecule has 0 saturated heterocycles. The molecule has 0 saturated carbocycles. The van der Waals surface area contributed by atoms with Gasteiger partial charge in [0, 0.05) is 19.1 Å². The highest BCUT2D eigenvalue weighted by Gasteiger charge is 2.15. The molecule has 20 heavy (non-hydrogen) atoms. The fourth-order valence-corrected chi connectivity index (χ4v) is 2.08. The van der Waals surface area contributed by atoms with E-state index in [4.69, 9.17) is 5.11 Å². The smallest absolute Gasteiger partial charge is 0.317 e. The second kappa shape index (κ2) is 7.53. The Labute approximate surface area is 119 Å². The lowest BCUT2D eigenvalue weighted by Crippen LogP contribution is -2.43. The molecular weight excluding hydrogens is 256 g/mol. The molecule has 5 heteroatoms. The van der Waals surface area contributed by atoms with Crippen molar-refractivity contribution in [3.8, 4) is 0 Å². The SMILES string of the molecule is CCN(C(=O)NCc1ccccc1CC(=O)O)C(C)C. The number of carboxylic acids is 1.